The van der Waals surface area contributed by atoms with Crippen molar-refractivity contribution in [3.63, 3.8) is 0 Å². The molecule has 2 N–H and O–H groups in total. The summed E-state index contributed by atoms with van der Waals surface area (Å²) in [5.74, 6) is 0.721. The summed E-state index contributed by atoms with van der Waals surface area (Å²) in [6.07, 6.45) is 8.92. The summed E-state index contributed by atoms with van der Waals surface area (Å²) in [4.78, 5) is 22.2. The minimum atomic E-state index is -0.0975. The Hall–Kier alpha value is -3.58. The topological polar surface area (TPSA) is 84.2 Å². The first-order valence-corrected chi connectivity index (χ1v) is 11.6. The summed E-state index contributed by atoms with van der Waals surface area (Å²) in [5, 5.41) is 11.1. The molecule has 7 nitrogen and oxygen atoms in total. The van der Waals surface area contributed by atoms with E-state index in [1.165, 1.54) is 12.8 Å². The Morgan fingerprint density at radius 2 is 2.00 bits per heavy atom. The van der Waals surface area contributed by atoms with Crippen LogP contribution in [0.1, 0.15) is 36.5 Å². The lowest BCUT2D eigenvalue weighted by atomic mass is 10.1. The lowest BCUT2D eigenvalue weighted by Gasteiger charge is -2.17. The maximum Gasteiger partial charge on any atom is 0.251 e. The van der Waals surface area contributed by atoms with E-state index in [1.807, 2.05) is 48.7 Å². The summed E-state index contributed by atoms with van der Waals surface area (Å²) in [6, 6.07) is 15.8. The monoisotopic (exact) mass is 440 g/mol. The van der Waals surface area contributed by atoms with Crippen molar-refractivity contribution in [3.05, 3.63) is 72.7 Å². The van der Waals surface area contributed by atoms with Crippen molar-refractivity contribution in [3.8, 4) is 22.5 Å². The molecule has 0 saturated heterocycles. The molecule has 3 heterocycles. The van der Waals surface area contributed by atoms with Crippen molar-refractivity contribution in [1.29, 1.82) is 0 Å². The number of hydrogen-bond donors (Lipinski definition) is 2. The predicted molar refractivity (Wildman–Crippen MR) is 129 cm³/mol. The molecule has 33 heavy (non-hydrogen) atoms. The van der Waals surface area contributed by atoms with E-state index in [1.54, 1.807) is 23.0 Å². The summed E-state index contributed by atoms with van der Waals surface area (Å²) >= 11 is 0. The number of rotatable bonds is 9. The molecule has 7 heteroatoms. The number of aromatic nitrogens is 4. The van der Waals surface area contributed by atoms with Crippen molar-refractivity contribution in [2.45, 2.75) is 32.2 Å². The lowest BCUT2D eigenvalue weighted by molar-refractivity contribution is 0.0949. The van der Waals surface area contributed by atoms with E-state index >= 15 is 0 Å². The molecule has 1 aliphatic carbocycles. The van der Waals surface area contributed by atoms with Gasteiger partial charge in [0.25, 0.3) is 5.91 Å². The van der Waals surface area contributed by atoms with E-state index in [4.69, 9.17) is 4.98 Å². The number of benzene rings is 1. The van der Waals surface area contributed by atoms with E-state index in [-0.39, 0.29) is 11.9 Å². The molecule has 0 bridgehead atoms. The largest absolute Gasteiger partial charge is 0.350 e. The van der Waals surface area contributed by atoms with Gasteiger partial charge in [0.2, 0.25) is 0 Å². The van der Waals surface area contributed by atoms with Crippen LogP contribution in [-0.4, -0.2) is 44.6 Å². The highest BCUT2D eigenvalue weighted by Gasteiger charge is 2.22. The van der Waals surface area contributed by atoms with Crippen LogP contribution in [0, 0.1) is 5.92 Å². The van der Waals surface area contributed by atoms with Crippen molar-refractivity contribution < 1.29 is 4.79 Å². The molecule has 0 aliphatic heterocycles. The van der Waals surface area contributed by atoms with Crippen molar-refractivity contribution >= 4 is 11.6 Å². The van der Waals surface area contributed by atoms with Gasteiger partial charge in [0.15, 0.2) is 5.65 Å². The third kappa shape index (κ3) is 4.93. The number of nitrogens with one attached hydrogen (secondary N) is 2. The molecule has 1 amide bonds. The van der Waals surface area contributed by atoms with Gasteiger partial charge in [0, 0.05) is 36.1 Å². The zero-order valence-electron chi connectivity index (χ0n) is 18.7. The van der Waals surface area contributed by atoms with Crippen LogP contribution in [-0.2, 0) is 0 Å². The number of carbonyl (C=O) groups is 1. The molecule has 1 aliphatic rings. The molecule has 0 spiro atoms. The molecule has 1 saturated carbocycles. The SMILES string of the molecule is CCC(CNC(=O)c1ccnc(-c2cnn3ccc(-c4ccccc4)nc23)c1)NCC1CC1. The summed E-state index contributed by atoms with van der Waals surface area (Å²) < 4.78 is 1.73. The molecule has 1 atom stereocenters. The second-order valence-electron chi connectivity index (χ2n) is 8.60. The Morgan fingerprint density at radius 1 is 1.15 bits per heavy atom. The molecular weight excluding hydrogens is 412 g/mol. The minimum Gasteiger partial charge on any atom is -0.350 e. The van der Waals surface area contributed by atoms with Crippen LogP contribution in [0.5, 0.6) is 0 Å². The van der Waals surface area contributed by atoms with Crippen LogP contribution in [0.25, 0.3) is 28.2 Å². The second-order valence-corrected chi connectivity index (χ2v) is 8.60. The standard InChI is InChI=1S/C26H28N6O/c1-2-21(28-15-18-8-9-18)16-29-26(33)20-10-12-27-24(14-20)22-17-30-32-13-11-23(31-25(22)32)19-6-4-3-5-7-19/h3-7,10-14,17-18,21,28H,2,8-9,15-16H2,1H3,(H,29,33). The molecule has 1 unspecified atom stereocenters. The third-order valence-corrected chi connectivity index (χ3v) is 6.13. The average molecular weight is 441 g/mol. The molecule has 1 aromatic carbocycles. The van der Waals surface area contributed by atoms with Gasteiger partial charge in [-0.2, -0.15) is 5.10 Å². The van der Waals surface area contributed by atoms with Gasteiger partial charge < -0.3 is 10.6 Å². The van der Waals surface area contributed by atoms with Crippen LogP contribution >= 0.6 is 0 Å². The van der Waals surface area contributed by atoms with Gasteiger partial charge in [0.05, 0.1) is 23.1 Å². The fraction of sp³-hybridized carbons (Fsp3) is 0.308. The van der Waals surface area contributed by atoms with Crippen molar-refractivity contribution in [2.24, 2.45) is 5.92 Å². The number of fused-ring (bicyclic) bond motifs is 1. The molecule has 0 radical (unpaired) electrons. The Labute approximate surface area is 193 Å². The maximum atomic E-state index is 12.8. The fourth-order valence-electron chi connectivity index (χ4n) is 3.87. The highest BCUT2D eigenvalue weighted by molar-refractivity contribution is 5.95. The predicted octanol–water partition coefficient (Wildman–Crippen LogP) is 3.97. The van der Waals surface area contributed by atoms with Gasteiger partial charge in [-0.05, 0) is 49.9 Å². The third-order valence-electron chi connectivity index (χ3n) is 6.13. The highest BCUT2D eigenvalue weighted by atomic mass is 16.1. The maximum absolute atomic E-state index is 12.8. The first-order chi connectivity index (χ1) is 16.2. The molecular formula is C26H28N6O. The van der Waals surface area contributed by atoms with E-state index in [9.17, 15) is 4.79 Å². The van der Waals surface area contributed by atoms with Gasteiger partial charge in [-0.3, -0.25) is 9.78 Å². The summed E-state index contributed by atoms with van der Waals surface area (Å²) in [5.41, 5.74) is 4.65. The summed E-state index contributed by atoms with van der Waals surface area (Å²) in [7, 11) is 0. The molecule has 168 valence electrons. The second kappa shape index (κ2) is 9.50. The quantitative estimate of drug-likeness (QED) is 0.411. The first-order valence-electron chi connectivity index (χ1n) is 11.6. The normalized spacial score (nSPS) is 14.3. The van der Waals surface area contributed by atoms with Gasteiger partial charge in [-0.25, -0.2) is 9.50 Å². The Balaban J connectivity index is 1.34. The fourth-order valence-corrected chi connectivity index (χ4v) is 3.87. The van der Waals surface area contributed by atoms with Crippen LogP contribution < -0.4 is 10.6 Å². The van der Waals surface area contributed by atoms with Crippen LogP contribution in [0.3, 0.4) is 0 Å². The Kier molecular flexibility index (Phi) is 6.13. The molecule has 5 rings (SSSR count). The van der Waals surface area contributed by atoms with E-state index < -0.39 is 0 Å². The number of hydrogen-bond acceptors (Lipinski definition) is 5. The first kappa shape index (κ1) is 21.3. The zero-order chi connectivity index (χ0) is 22.6. The van der Waals surface area contributed by atoms with Crippen molar-refractivity contribution in [2.75, 3.05) is 13.1 Å². The smallest absolute Gasteiger partial charge is 0.251 e. The molecule has 4 aromatic rings. The van der Waals surface area contributed by atoms with Gasteiger partial charge in [-0.15, -0.1) is 0 Å². The number of pyridine rings is 1. The number of nitrogens with zero attached hydrogens (tertiary/aromatic N) is 4. The van der Waals surface area contributed by atoms with Gasteiger partial charge in [-0.1, -0.05) is 37.3 Å². The molecule has 3 aromatic heterocycles. The van der Waals surface area contributed by atoms with Gasteiger partial charge >= 0.3 is 0 Å². The zero-order valence-corrected chi connectivity index (χ0v) is 18.7. The Bertz CT molecular complexity index is 1250. The van der Waals surface area contributed by atoms with E-state index in [0.29, 0.717) is 23.4 Å². The highest BCUT2D eigenvalue weighted by Crippen LogP contribution is 2.28. The number of carbonyl (C=O) groups excluding carboxylic acids is 1. The lowest BCUT2D eigenvalue weighted by Crippen LogP contribution is -2.41. The van der Waals surface area contributed by atoms with Gasteiger partial charge in [0.1, 0.15) is 0 Å². The number of amides is 1. The van der Waals surface area contributed by atoms with E-state index in [0.717, 1.165) is 35.7 Å². The summed E-state index contributed by atoms with van der Waals surface area (Å²) in [6.45, 7) is 3.79. The molecule has 1 fully saturated rings. The average Bonchev–Trinajstić information content (AvgIpc) is 3.61. The van der Waals surface area contributed by atoms with Crippen LogP contribution in [0.4, 0.5) is 0 Å². The van der Waals surface area contributed by atoms with E-state index in [2.05, 4.69) is 27.6 Å². The Morgan fingerprint density at radius 3 is 2.79 bits per heavy atom. The van der Waals surface area contributed by atoms with Crippen LogP contribution in [0.2, 0.25) is 0 Å². The van der Waals surface area contributed by atoms with Crippen LogP contribution in [0.15, 0.2) is 67.1 Å². The minimum absolute atomic E-state index is 0.0975. The van der Waals surface area contributed by atoms with Crippen molar-refractivity contribution in [1.82, 2.24) is 30.2 Å².